The number of aliphatic hydroxyl groups is 1. The van der Waals surface area contributed by atoms with Crippen LogP contribution in [0, 0.1) is 5.41 Å². The summed E-state index contributed by atoms with van der Waals surface area (Å²) in [5, 5.41) is 9.15. The van der Waals surface area contributed by atoms with Gasteiger partial charge in [0.2, 0.25) is 0 Å². The SMILES string of the molecule is CCCN(CCC)CC(C)(C)CO. The van der Waals surface area contributed by atoms with Gasteiger partial charge in [-0.2, -0.15) is 0 Å². The molecule has 0 aliphatic carbocycles. The molecule has 0 radical (unpaired) electrons. The van der Waals surface area contributed by atoms with Gasteiger partial charge in [-0.25, -0.2) is 0 Å². The third-order valence-corrected chi connectivity index (χ3v) is 2.16. The van der Waals surface area contributed by atoms with Crippen LogP contribution in [0.5, 0.6) is 0 Å². The molecule has 2 nitrogen and oxygen atoms in total. The lowest BCUT2D eigenvalue weighted by atomic mass is 9.94. The predicted molar refractivity (Wildman–Crippen MR) is 57.9 cm³/mol. The monoisotopic (exact) mass is 187 g/mol. The van der Waals surface area contributed by atoms with Crippen molar-refractivity contribution in [3.8, 4) is 0 Å². The van der Waals surface area contributed by atoms with E-state index in [1.165, 1.54) is 12.8 Å². The Hall–Kier alpha value is -0.0800. The average molecular weight is 187 g/mol. The highest BCUT2D eigenvalue weighted by Gasteiger charge is 2.19. The maximum absolute atomic E-state index is 9.15. The first kappa shape index (κ1) is 12.9. The first-order valence-electron chi connectivity index (χ1n) is 5.39. The van der Waals surface area contributed by atoms with Gasteiger partial charge in [-0.3, -0.25) is 0 Å². The van der Waals surface area contributed by atoms with Crippen molar-refractivity contribution in [3.63, 3.8) is 0 Å². The molecule has 0 heterocycles. The van der Waals surface area contributed by atoms with Crippen LogP contribution in [0.15, 0.2) is 0 Å². The fourth-order valence-electron chi connectivity index (χ4n) is 1.56. The zero-order valence-corrected chi connectivity index (χ0v) is 9.64. The Morgan fingerprint density at radius 1 is 1.08 bits per heavy atom. The summed E-state index contributed by atoms with van der Waals surface area (Å²) >= 11 is 0. The maximum atomic E-state index is 9.15. The second-order valence-electron chi connectivity index (χ2n) is 4.60. The third kappa shape index (κ3) is 6.05. The highest BCUT2D eigenvalue weighted by atomic mass is 16.3. The quantitative estimate of drug-likeness (QED) is 0.660. The lowest BCUT2D eigenvalue weighted by Crippen LogP contribution is -2.37. The van der Waals surface area contributed by atoms with Crippen molar-refractivity contribution in [2.24, 2.45) is 5.41 Å². The minimum absolute atomic E-state index is 0.0460. The Morgan fingerprint density at radius 2 is 1.54 bits per heavy atom. The second kappa shape index (κ2) is 6.39. The molecule has 0 aromatic rings. The molecule has 80 valence electrons. The zero-order chi connectivity index (χ0) is 10.3. The molecule has 0 saturated heterocycles. The van der Waals surface area contributed by atoms with E-state index >= 15 is 0 Å². The first-order chi connectivity index (χ1) is 6.05. The van der Waals surface area contributed by atoms with Gasteiger partial charge in [0.05, 0.1) is 0 Å². The predicted octanol–water partition coefficient (Wildman–Crippen LogP) is 2.13. The highest BCUT2D eigenvalue weighted by molar-refractivity contribution is 4.72. The Kier molecular flexibility index (Phi) is 6.35. The van der Waals surface area contributed by atoms with E-state index in [-0.39, 0.29) is 12.0 Å². The summed E-state index contributed by atoms with van der Waals surface area (Å²) in [4.78, 5) is 2.44. The van der Waals surface area contributed by atoms with Gasteiger partial charge in [-0.05, 0) is 25.9 Å². The molecule has 1 N–H and O–H groups in total. The maximum Gasteiger partial charge on any atom is 0.0494 e. The summed E-state index contributed by atoms with van der Waals surface area (Å²) in [5.74, 6) is 0. The van der Waals surface area contributed by atoms with Crippen LogP contribution in [0.1, 0.15) is 40.5 Å². The molecule has 0 spiro atoms. The van der Waals surface area contributed by atoms with Crippen molar-refractivity contribution >= 4 is 0 Å². The average Bonchev–Trinajstić information content (AvgIpc) is 2.05. The summed E-state index contributed by atoms with van der Waals surface area (Å²) < 4.78 is 0. The van der Waals surface area contributed by atoms with Crippen LogP contribution in [0.2, 0.25) is 0 Å². The molecule has 0 bridgehead atoms. The summed E-state index contributed by atoms with van der Waals surface area (Å²) in [7, 11) is 0. The zero-order valence-electron chi connectivity index (χ0n) is 9.64. The van der Waals surface area contributed by atoms with Crippen LogP contribution < -0.4 is 0 Å². The molecule has 0 aromatic carbocycles. The Labute approximate surface area is 82.9 Å². The fraction of sp³-hybridized carbons (Fsp3) is 1.00. The molecule has 0 atom stereocenters. The Balaban J connectivity index is 3.92. The largest absolute Gasteiger partial charge is 0.396 e. The summed E-state index contributed by atoms with van der Waals surface area (Å²) in [6.45, 7) is 12.2. The summed E-state index contributed by atoms with van der Waals surface area (Å²) in [6.07, 6.45) is 2.39. The van der Waals surface area contributed by atoms with E-state index in [0.717, 1.165) is 19.6 Å². The van der Waals surface area contributed by atoms with Crippen LogP contribution in [0.25, 0.3) is 0 Å². The molecule has 0 fully saturated rings. The normalized spacial score (nSPS) is 12.5. The fourth-order valence-corrected chi connectivity index (χ4v) is 1.56. The van der Waals surface area contributed by atoms with Gasteiger partial charge in [-0.1, -0.05) is 27.7 Å². The van der Waals surface area contributed by atoms with Crippen molar-refractivity contribution in [2.75, 3.05) is 26.2 Å². The number of nitrogens with zero attached hydrogens (tertiary/aromatic N) is 1. The number of rotatable bonds is 7. The molecule has 0 aromatic heterocycles. The van der Waals surface area contributed by atoms with E-state index in [0.29, 0.717) is 0 Å². The number of hydrogen-bond acceptors (Lipinski definition) is 2. The van der Waals surface area contributed by atoms with Crippen molar-refractivity contribution in [2.45, 2.75) is 40.5 Å². The van der Waals surface area contributed by atoms with Crippen molar-refractivity contribution < 1.29 is 5.11 Å². The van der Waals surface area contributed by atoms with E-state index in [2.05, 4.69) is 32.6 Å². The lowest BCUT2D eigenvalue weighted by Gasteiger charge is -2.30. The van der Waals surface area contributed by atoms with Crippen molar-refractivity contribution in [1.29, 1.82) is 0 Å². The van der Waals surface area contributed by atoms with Gasteiger partial charge in [0.15, 0.2) is 0 Å². The first-order valence-corrected chi connectivity index (χ1v) is 5.39. The number of hydrogen-bond donors (Lipinski definition) is 1. The van der Waals surface area contributed by atoms with Crippen LogP contribution in [-0.4, -0.2) is 36.2 Å². The molecule has 0 saturated carbocycles. The van der Waals surface area contributed by atoms with Crippen molar-refractivity contribution in [1.82, 2.24) is 4.90 Å². The van der Waals surface area contributed by atoms with E-state index in [9.17, 15) is 0 Å². The van der Waals surface area contributed by atoms with Crippen LogP contribution >= 0.6 is 0 Å². The Bertz CT molecular complexity index is 117. The summed E-state index contributed by atoms with van der Waals surface area (Å²) in [5.41, 5.74) is 0.0460. The molecule has 0 aliphatic rings. The van der Waals surface area contributed by atoms with Crippen LogP contribution in [0.4, 0.5) is 0 Å². The molecular formula is C11H25NO. The molecule has 0 rings (SSSR count). The number of aliphatic hydroxyl groups excluding tert-OH is 1. The minimum Gasteiger partial charge on any atom is -0.396 e. The van der Waals surface area contributed by atoms with Gasteiger partial charge in [0, 0.05) is 18.6 Å². The molecule has 0 aliphatic heterocycles. The smallest absolute Gasteiger partial charge is 0.0494 e. The van der Waals surface area contributed by atoms with Crippen LogP contribution in [0.3, 0.4) is 0 Å². The highest BCUT2D eigenvalue weighted by Crippen LogP contribution is 2.15. The minimum atomic E-state index is 0.0460. The topological polar surface area (TPSA) is 23.5 Å². The van der Waals surface area contributed by atoms with Crippen molar-refractivity contribution in [3.05, 3.63) is 0 Å². The second-order valence-corrected chi connectivity index (χ2v) is 4.60. The van der Waals surface area contributed by atoms with E-state index in [1.54, 1.807) is 0 Å². The molecule has 2 heteroatoms. The van der Waals surface area contributed by atoms with Gasteiger partial charge in [0.1, 0.15) is 0 Å². The van der Waals surface area contributed by atoms with E-state index < -0.39 is 0 Å². The van der Waals surface area contributed by atoms with Gasteiger partial charge >= 0.3 is 0 Å². The summed E-state index contributed by atoms with van der Waals surface area (Å²) in [6, 6.07) is 0. The Morgan fingerprint density at radius 3 is 1.85 bits per heavy atom. The molecule has 0 amide bonds. The lowest BCUT2D eigenvalue weighted by molar-refractivity contribution is 0.103. The van der Waals surface area contributed by atoms with Gasteiger partial charge < -0.3 is 10.0 Å². The van der Waals surface area contributed by atoms with Gasteiger partial charge in [0.25, 0.3) is 0 Å². The third-order valence-electron chi connectivity index (χ3n) is 2.16. The standard InChI is InChI=1S/C11H25NO/c1-5-7-12(8-6-2)9-11(3,4)10-13/h13H,5-10H2,1-4H3. The van der Waals surface area contributed by atoms with E-state index in [1.807, 2.05) is 0 Å². The molecule has 0 unspecified atom stereocenters. The van der Waals surface area contributed by atoms with E-state index in [4.69, 9.17) is 5.11 Å². The van der Waals surface area contributed by atoms with Crippen LogP contribution in [-0.2, 0) is 0 Å². The van der Waals surface area contributed by atoms with Gasteiger partial charge in [-0.15, -0.1) is 0 Å². The molecule has 13 heavy (non-hydrogen) atoms. The molecular weight excluding hydrogens is 162 g/mol.